The van der Waals surface area contributed by atoms with E-state index in [1.807, 2.05) is 0 Å². The summed E-state index contributed by atoms with van der Waals surface area (Å²) in [4.78, 5) is 59.9. The first-order valence-corrected chi connectivity index (χ1v) is 12.4. The number of benzene rings is 2. The molecule has 5 atom stereocenters. The van der Waals surface area contributed by atoms with Gasteiger partial charge < -0.3 is 33.5 Å². The molecule has 0 saturated carbocycles. The van der Waals surface area contributed by atoms with Crippen LogP contribution in [0.15, 0.2) is 42.5 Å². The predicted molar refractivity (Wildman–Crippen MR) is 135 cm³/mol. The molecule has 2 aromatic carbocycles. The van der Waals surface area contributed by atoms with Gasteiger partial charge in [-0.1, -0.05) is 18.2 Å². The van der Waals surface area contributed by atoms with E-state index in [9.17, 15) is 33.5 Å². The lowest BCUT2D eigenvalue weighted by Gasteiger charge is -2.43. The third-order valence-electron chi connectivity index (χ3n) is 5.78. The number of rotatable bonds is 10. The molecule has 2 aromatic rings. The molecule has 0 unspecified atom stereocenters. The van der Waals surface area contributed by atoms with E-state index in [4.69, 9.17) is 28.4 Å². The first-order valence-electron chi connectivity index (χ1n) is 12.4. The Morgan fingerprint density at radius 3 is 2.02 bits per heavy atom. The maximum absolute atomic E-state index is 14.0. The number of ether oxygens (including phenoxy) is 6. The molecule has 0 aliphatic carbocycles. The Morgan fingerprint density at radius 2 is 1.44 bits per heavy atom. The van der Waals surface area contributed by atoms with Crippen LogP contribution in [0.4, 0.5) is 4.39 Å². The van der Waals surface area contributed by atoms with Gasteiger partial charge in [-0.3, -0.25) is 24.0 Å². The molecule has 220 valence electrons. The summed E-state index contributed by atoms with van der Waals surface area (Å²) in [5, 5.41) is 10.6. The van der Waals surface area contributed by atoms with Crippen molar-refractivity contribution in [2.75, 3.05) is 6.61 Å². The second-order valence-corrected chi connectivity index (χ2v) is 9.06. The number of halogens is 1. The van der Waals surface area contributed by atoms with Gasteiger partial charge in [0.1, 0.15) is 30.0 Å². The van der Waals surface area contributed by atoms with E-state index in [1.54, 1.807) is 6.07 Å². The molecule has 1 aliphatic heterocycles. The van der Waals surface area contributed by atoms with Crippen molar-refractivity contribution in [2.24, 2.45) is 0 Å². The number of esters is 4. The SMILES string of the molecule is CC(=O)OC[C@@H]1O[C@@H](Oc2ccc(C(=O)Cc3ccccc3F)c(O)c2)[C@@H](OC(C)=O)[C@H](OC(C)=O)[C@H]1OC(C)=O. The summed E-state index contributed by atoms with van der Waals surface area (Å²) in [6, 6.07) is 9.38. The Balaban J connectivity index is 1.92. The standard InChI is InChI=1S/C28H29FO12/c1-14(30)36-13-24-25(37-15(2)31)26(38-16(3)32)27(39-17(4)33)28(41-24)40-19-9-10-20(23(35)12-19)22(34)11-18-7-5-6-8-21(18)29/h5-10,12,24-28,35H,11,13H2,1-4H3/t24-,25-,26+,27-,28+/m0/s1. The van der Waals surface area contributed by atoms with E-state index in [1.165, 1.54) is 30.3 Å². The number of phenolic OH excluding ortho intramolecular Hbond substituents is 1. The Kier molecular flexibility index (Phi) is 10.4. The Labute approximate surface area is 234 Å². The first kappa shape index (κ1) is 31.0. The molecule has 0 aromatic heterocycles. The lowest BCUT2D eigenvalue weighted by atomic mass is 9.98. The minimum absolute atomic E-state index is 0.0640. The molecule has 41 heavy (non-hydrogen) atoms. The van der Waals surface area contributed by atoms with Crippen LogP contribution in [0.25, 0.3) is 0 Å². The fraction of sp³-hybridized carbons (Fsp3) is 0.393. The van der Waals surface area contributed by atoms with Crippen molar-refractivity contribution in [1.82, 2.24) is 0 Å². The van der Waals surface area contributed by atoms with Crippen molar-refractivity contribution < 1.29 is 61.9 Å². The number of hydrogen-bond donors (Lipinski definition) is 1. The molecular formula is C28H29FO12. The normalized spacial score (nSPS) is 21.7. The number of hydrogen-bond acceptors (Lipinski definition) is 12. The second kappa shape index (κ2) is 13.7. The molecule has 0 bridgehead atoms. The van der Waals surface area contributed by atoms with Gasteiger partial charge in [-0.25, -0.2) is 4.39 Å². The number of carbonyl (C=O) groups excluding carboxylic acids is 5. The van der Waals surface area contributed by atoms with Gasteiger partial charge in [0.25, 0.3) is 0 Å². The first-order chi connectivity index (χ1) is 19.3. The smallest absolute Gasteiger partial charge is 0.303 e. The lowest BCUT2D eigenvalue weighted by molar-refractivity contribution is -0.288. The van der Waals surface area contributed by atoms with E-state index in [-0.39, 0.29) is 23.3 Å². The predicted octanol–water partition coefficient (Wildman–Crippen LogP) is 2.42. The molecule has 12 nitrogen and oxygen atoms in total. The van der Waals surface area contributed by atoms with Crippen LogP contribution in [-0.2, 0) is 49.3 Å². The summed E-state index contributed by atoms with van der Waals surface area (Å²) in [5.74, 6) is -4.78. The van der Waals surface area contributed by atoms with Gasteiger partial charge in [0.15, 0.2) is 18.0 Å². The zero-order valence-electron chi connectivity index (χ0n) is 22.7. The maximum atomic E-state index is 14.0. The van der Waals surface area contributed by atoms with E-state index < -0.39 is 78.5 Å². The Bertz CT molecular complexity index is 1310. The van der Waals surface area contributed by atoms with Crippen LogP contribution in [0.5, 0.6) is 11.5 Å². The maximum Gasteiger partial charge on any atom is 0.303 e. The van der Waals surface area contributed by atoms with Crippen LogP contribution in [0.2, 0.25) is 0 Å². The van der Waals surface area contributed by atoms with Gasteiger partial charge in [0.2, 0.25) is 12.4 Å². The van der Waals surface area contributed by atoms with E-state index in [2.05, 4.69) is 0 Å². The number of Topliss-reactive ketones (excluding diaryl/α,β-unsaturated/α-hetero) is 1. The van der Waals surface area contributed by atoms with Crippen LogP contribution in [0, 0.1) is 5.82 Å². The average Bonchev–Trinajstić information content (AvgIpc) is 2.87. The minimum atomic E-state index is -1.53. The quantitative estimate of drug-likeness (QED) is 0.250. The van der Waals surface area contributed by atoms with Crippen molar-refractivity contribution in [3.8, 4) is 11.5 Å². The molecule has 0 radical (unpaired) electrons. The molecular weight excluding hydrogens is 547 g/mol. The molecule has 0 spiro atoms. The van der Waals surface area contributed by atoms with E-state index in [0.717, 1.165) is 33.8 Å². The molecule has 13 heteroatoms. The summed E-state index contributed by atoms with van der Waals surface area (Å²) < 4.78 is 46.6. The topological polar surface area (TPSA) is 161 Å². The van der Waals surface area contributed by atoms with Crippen LogP contribution in [-0.4, -0.2) is 72.1 Å². The Morgan fingerprint density at radius 1 is 0.829 bits per heavy atom. The fourth-order valence-electron chi connectivity index (χ4n) is 4.15. The molecule has 1 heterocycles. The number of aromatic hydroxyl groups is 1. The van der Waals surface area contributed by atoms with Crippen LogP contribution in [0.3, 0.4) is 0 Å². The summed E-state index contributed by atoms with van der Waals surface area (Å²) in [7, 11) is 0. The van der Waals surface area contributed by atoms with Gasteiger partial charge >= 0.3 is 23.9 Å². The highest BCUT2D eigenvalue weighted by molar-refractivity contribution is 6.00. The van der Waals surface area contributed by atoms with E-state index in [0.29, 0.717) is 0 Å². The van der Waals surface area contributed by atoms with Crippen LogP contribution >= 0.6 is 0 Å². The third kappa shape index (κ3) is 8.48. The molecule has 1 N–H and O–H groups in total. The molecule has 1 aliphatic rings. The zero-order chi connectivity index (χ0) is 30.3. The fourth-order valence-corrected chi connectivity index (χ4v) is 4.15. The molecule has 3 rings (SSSR count). The molecule has 1 saturated heterocycles. The lowest BCUT2D eigenvalue weighted by Crippen LogP contribution is -2.63. The minimum Gasteiger partial charge on any atom is -0.507 e. The second-order valence-electron chi connectivity index (χ2n) is 9.06. The third-order valence-corrected chi connectivity index (χ3v) is 5.78. The highest BCUT2D eigenvalue weighted by Crippen LogP contribution is 2.33. The van der Waals surface area contributed by atoms with Crippen LogP contribution in [0.1, 0.15) is 43.6 Å². The van der Waals surface area contributed by atoms with Crippen molar-refractivity contribution in [3.63, 3.8) is 0 Å². The summed E-state index contributed by atoms with van der Waals surface area (Å²) in [6.07, 6.45) is -7.38. The van der Waals surface area contributed by atoms with Gasteiger partial charge in [0.05, 0.1) is 5.56 Å². The average molecular weight is 577 g/mol. The van der Waals surface area contributed by atoms with Crippen LogP contribution < -0.4 is 4.74 Å². The van der Waals surface area contributed by atoms with Gasteiger partial charge in [0, 0.05) is 40.2 Å². The van der Waals surface area contributed by atoms with Gasteiger partial charge in [-0.15, -0.1) is 0 Å². The van der Waals surface area contributed by atoms with E-state index >= 15 is 0 Å². The highest BCUT2D eigenvalue weighted by Gasteiger charge is 2.53. The van der Waals surface area contributed by atoms with Crippen molar-refractivity contribution in [1.29, 1.82) is 0 Å². The van der Waals surface area contributed by atoms with Gasteiger partial charge in [-0.05, 0) is 23.8 Å². The van der Waals surface area contributed by atoms with Crippen molar-refractivity contribution in [2.45, 2.75) is 64.8 Å². The number of ketones is 1. The largest absolute Gasteiger partial charge is 0.507 e. The van der Waals surface area contributed by atoms with Crippen molar-refractivity contribution >= 4 is 29.7 Å². The van der Waals surface area contributed by atoms with Crippen molar-refractivity contribution in [3.05, 3.63) is 59.4 Å². The molecule has 0 amide bonds. The zero-order valence-corrected chi connectivity index (χ0v) is 22.7. The summed E-state index contributed by atoms with van der Waals surface area (Å²) in [6.45, 7) is 3.94. The Hall–Kier alpha value is -4.52. The monoisotopic (exact) mass is 576 g/mol. The number of phenols is 1. The summed E-state index contributed by atoms with van der Waals surface area (Å²) in [5.41, 5.74) is 0.0388. The van der Waals surface area contributed by atoms with Gasteiger partial charge in [-0.2, -0.15) is 0 Å². The molecule has 1 fully saturated rings. The number of carbonyl (C=O) groups is 5. The highest BCUT2D eigenvalue weighted by atomic mass is 19.1. The summed E-state index contributed by atoms with van der Waals surface area (Å²) >= 11 is 0.